The van der Waals surface area contributed by atoms with Gasteiger partial charge in [-0.05, 0) is 42.7 Å². The van der Waals surface area contributed by atoms with Crippen LogP contribution in [-0.2, 0) is 6.42 Å². The highest BCUT2D eigenvalue weighted by Gasteiger charge is 2.12. The fourth-order valence-electron chi connectivity index (χ4n) is 2.08. The number of rotatable bonds is 5. The van der Waals surface area contributed by atoms with Gasteiger partial charge in [0.15, 0.2) is 5.78 Å². The number of aryl methyl sites for hydroxylation is 1. The van der Waals surface area contributed by atoms with Crippen molar-refractivity contribution in [1.29, 1.82) is 0 Å². The molecular weight excluding hydrogens is 256 g/mol. The maximum Gasteiger partial charge on any atom is 0.193 e. The minimum absolute atomic E-state index is 0.0726. The summed E-state index contributed by atoms with van der Waals surface area (Å²) in [6, 6.07) is 14.9. The summed E-state index contributed by atoms with van der Waals surface area (Å²) in [7, 11) is 0. The zero-order chi connectivity index (χ0) is 13.7. The highest BCUT2D eigenvalue weighted by atomic mass is 35.5. The van der Waals surface area contributed by atoms with Gasteiger partial charge in [-0.1, -0.05) is 49.2 Å². The molecule has 0 amide bonds. The smallest absolute Gasteiger partial charge is 0.193 e. The van der Waals surface area contributed by atoms with E-state index in [2.05, 4.69) is 6.92 Å². The molecule has 0 atom stereocenters. The van der Waals surface area contributed by atoms with Crippen molar-refractivity contribution in [2.75, 3.05) is 0 Å². The molecule has 0 aliphatic rings. The molecule has 0 radical (unpaired) electrons. The van der Waals surface area contributed by atoms with Crippen LogP contribution in [0.15, 0.2) is 48.5 Å². The SMILES string of the molecule is CCCCc1ccccc1C(=O)c1ccc(Cl)cc1. The molecule has 0 bridgehead atoms. The second-order valence-corrected chi connectivity index (χ2v) is 5.03. The summed E-state index contributed by atoms with van der Waals surface area (Å²) < 4.78 is 0. The molecule has 0 heterocycles. The first-order valence-electron chi connectivity index (χ1n) is 6.60. The Balaban J connectivity index is 2.30. The maximum atomic E-state index is 12.5. The second kappa shape index (κ2) is 6.53. The summed E-state index contributed by atoms with van der Waals surface area (Å²) in [6.07, 6.45) is 3.18. The molecule has 0 spiro atoms. The van der Waals surface area contributed by atoms with Gasteiger partial charge >= 0.3 is 0 Å². The lowest BCUT2D eigenvalue weighted by Crippen LogP contribution is -2.05. The number of benzene rings is 2. The van der Waals surface area contributed by atoms with Gasteiger partial charge in [-0.2, -0.15) is 0 Å². The van der Waals surface area contributed by atoms with E-state index in [1.54, 1.807) is 24.3 Å². The molecule has 0 aromatic heterocycles. The third kappa shape index (κ3) is 3.45. The summed E-state index contributed by atoms with van der Waals surface area (Å²) >= 11 is 5.85. The molecule has 0 saturated heterocycles. The van der Waals surface area contributed by atoms with E-state index < -0.39 is 0 Å². The first-order chi connectivity index (χ1) is 9.22. The third-order valence-electron chi connectivity index (χ3n) is 3.17. The van der Waals surface area contributed by atoms with Crippen LogP contribution in [0.4, 0.5) is 0 Å². The van der Waals surface area contributed by atoms with Crippen molar-refractivity contribution in [2.45, 2.75) is 26.2 Å². The molecule has 2 aromatic rings. The van der Waals surface area contributed by atoms with Crippen LogP contribution in [-0.4, -0.2) is 5.78 Å². The number of ketones is 1. The summed E-state index contributed by atoms with van der Waals surface area (Å²) in [4.78, 5) is 12.5. The number of carbonyl (C=O) groups is 1. The van der Waals surface area contributed by atoms with Crippen LogP contribution in [0.25, 0.3) is 0 Å². The molecule has 0 aliphatic heterocycles. The van der Waals surface area contributed by atoms with Gasteiger partial charge in [0.2, 0.25) is 0 Å². The summed E-state index contributed by atoms with van der Waals surface area (Å²) in [5.74, 6) is 0.0726. The maximum absolute atomic E-state index is 12.5. The van der Waals surface area contributed by atoms with E-state index in [1.165, 1.54) is 0 Å². The Morgan fingerprint density at radius 3 is 2.42 bits per heavy atom. The number of carbonyl (C=O) groups excluding carboxylic acids is 1. The van der Waals surface area contributed by atoms with Gasteiger partial charge in [-0.25, -0.2) is 0 Å². The van der Waals surface area contributed by atoms with Crippen LogP contribution in [0.5, 0.6) is 0 Å². The van der Waals surface area contributed by atoms with Crippen LogP contribution in [0.3, 0.4) is 0 Å². The monoisotopic (exact) mass is 272 g/mol. The predicted octanol–water partition coefficient (Wildman–Crippen LogP) is 4.91. The molecule has 0 N–H and O–H groups in total. The quantitative estimate of drug-likeness (QED) is 0.707. The molecule has 0 unspecified atom stereocenters. The van der Waals surface area contributed by atoms with E-state index in [-0.39, 0.29) is 5.78 Å². The van der Waals surface area contributed by atoms with Gasteiger partial charge in [-0.15, -0.1) is 0 Å². The molecule has 19 heavy (non-hydrogen) atoms. The molecule has 1 nitrogen and oxygen atoms in total. The largest absolute Gasteiger partial charge is 0.289 e. The van der Waals surface area contributed by atoms with Crippen molar-refractivity contribution in [3.63, 3.8) is 0 Å². The third-order valence-corrected chi connectivity index (χ3v) is 3.42. The standard InChI is InChI=1S/C17H17ClO/c1-2-3-6-13-7-4-5-8-16(13)17(19)14-9-11-15(18)12-10-14/h4-5,7-12H,2-3,6H2,1H3. The number of halogens is 1. The molecule has 0 fully saturated rings. The Labute approximate surface area is 119 Å². The lowest BCUT2D eigenvalue weighted by molar-refractivity contribution is 0.103. The van der Waals surface area contributed by atoms with E-state index in [9.17, 15) is 4.79 Å². The Bertz CT molecular complexity index is 558. The van der Waals surface area contributed by atoms with Gasteiger partial charge in [-0.3, -0.25) is 4.79 Å². The normalized spacial score (nSPS) is 10.4. The molecule has 2 rings (SSSR count). The van der Waals surface area contributed by atoms with Gasteiger partial charge < -0.3 is 0 Å². The van der Waals surface area contributed by atoms with Gasteiger partial charge in [0.05, 0.1) is 0 Å². The molecule has 0 aliphatic carbocycles. The second-order valence-electron chi connectivity index (χ2n) is 4.60. The molecule has 2 aromatic carbocycles. The summed E-state index contributed by atoms with van der Waals surface area (Å²) in [5, 5.41) is 0.649. The Morgan fingerprint density at radius 2 is 1.74 bits per heavy atom. The zero-order valence-corrected chi connectivity index (χ0v) is 11.8. The van der Waals surface area contributed by atoms with Crippen molar-refractivity contribution < 1.29 is 4.79 Å². The minimum Gasteiger partial charge on any atom is -0.289 e. The van der Waals surface area contributed by atoms with Crippen molar-refractivity contribution in [3.05, 3.63) is 70.2 Å². The topological polar surface area (TPSA) is 17.1 Å². The molecule has 98 valence electrons. The van der Waals surface area contributed by atoms with Gasteiger partial charge in [0.25, 0.3) is 0 Å². The van der Waals surface area contributed by atoms with E-state index in [0.717, 1.165) is 30.4 Å². The van der Waals surface area contributed by atoms with Gasteiger partial charge in [0.1, 0.15) is 0 Å². The summed E-state index contributed by atoms with van der Waals surface area (Å²) in [6.45, 7) is 2.16. The minimum atomic E-state index is 0.0726. The van der Waals surface area contributed by atoms with Crippen LogP contribution in [0.2, 0.25) is 5.02 Å². The Morgan fingerprint density at radius 1 is 1.05 bits per heavy atom. The Hall–Kier alpha value is -1.60. The molecule has 0 saturated carbocycles. The lowest BCUT2D eigenvalue weighted by Gasteiger charge is -2.08. The number of hydrogen-bond donors (Lipinski definition) is 0. The van der Waals surface area contributed by atoms with Crippen LogP contribution in [0, 0.1) is 0 Å². The molecule has 2 heteroatoms. The van der Waals surface area contributed by atoms with E-state index >= 15 is 0 Å². The van der Waals surface area contributed by atoms with Crippen molar-refractivity contribution >= 4 is 17.4 Å². The fourth-order valence-corrected chi connectivity index (χ4v) is 2.21. The highest BCUT2D eigenvalue weighted by molar-refractivity contribution is 6.30. The molecular formula is C17H17ClO. The highest BCUT2D eigenvalue weighted by Crippen LogP contribution is 2.18. The van der Waals surface area contributed by atoms with Crippen molar-refractivity contribution in [3.8, 4) is 0 Å². The first-order valence-corrected chi connectivity index (χ1v) is 6.98. The van der Waals surface area contributed by atoms with Crippen molar-refractivity contribution in [2.24, 2.45) is 0 Å². The fraction of sp³-hybridized carbons (Fsp3) is 0.235. The zero-order valence-electron chi connectivity index (χ0n) is 11.0. The predicted molar refractivity (Wildman–Crippen MR) is 79.9 cm³/mol. The summed E-state index contributed by atoms with van der Waals surface area (Å²) in [5.41, 5.74) is 2.62. The van der Waals surface area contributed by atoms with E-state index in [0.29, 0.717) is 10.6 Å². The van der Waals surface area contributed by atoms with Crippen molar-refractivity contribution in [1.82, 2.24) is 0 Å². The first kappa shape index (κ1) is 13.8. The number of hydrogen-bond acceptors (Lipinski definition) is 1. The van der Waals surface area contributed by atoms with Crippen LogP contribution < -0.4 is 0 Å². The average Bonchev–Trinajstić information content (AvgIpc) is 2.45. The van der Waals surface area contributed by atoms with Crippen LogP contribution >= 0.6 is 11.6 Å². The lowest BCUT2D eigenvalue weighted by atomic mass is 9.95. The van der Waals surface area contributed by atoms with E-state index in [1.807, 2.05) is 24.3 Å². The van der Waals surface area contributed by atoms with Crippen LogP contribution in [0.1, 0.15) is 41.3 Å². The van der Waals surface area contributed by atoms with E-state index in [4.69, 9.17) is 11.6 Å². The van der Waals surface area contributed by atoms with Gasteiger partial charge in [0, 0.05) is 16.1 Å². The Kier molecular flexibility index (Phi) is 4.75. The average molecular weight is 273 g/mol. The number of unbranched alkanes of at least 4 members (excludes halogenated alkanes) is 1.